The Balaban J connectivity index is 2.89. The summed E-state index contributed by atoms with van der Waals surface area (Å²) in [5, 5.41) is 8.75. The lowest BCUT2D eigenvalue weighted by Crippen LogP contribution is -2.31. The van der Waals surface area contributed by atoms with Gasteiger partial charge in [0, 0.05) is 12.3 Å². The lowest BCUT2D eigenvalue weighted by atomic mass is 10.5. The molecule has 0 saturated carbocycles. The minimum atomic E-state index is -0.995. The van der Waals surface area contributed by atoms with Crippen LogP contribution >= 0.6 is 0 Å². The molecule has 0 spiro atoms. The molecule has 0 radical (unpaired) electrons. The Labute approximate surface area is 99.3 Å². The summed E-state index contributed by atoms with van der Waals surface area (Å²) in [4.78, 5) is 20.1. The summed E-state index contributed by atoms with van der Waals surface area (Å²) in [5.74, 6) is 2.01. The second kappa shape index (κ2) is 6.33. The smallest absolute Gasteiger partial charge is 0.323 e. The zero-order chi connectivity index (χ0) is 12.7. The van der Waals surface area contributed by atoms with Gasteiger partial charge in [-0.3, -0.25) is 4.79 Å². The first kappa shape index (κ1) is 12.8. The number of hydrogen-bond acceptors (Lipinski definition) is 5. The van der Waals surface area contributed by atoms with Crippen molar-refractivity contribution in [1.29, 1.82) is 0 Å². The molecule has 0 unspecified atom stereocenters. The largest absolute Gasteiger partial charge is 0.480 e. The maximum absolute atomic E-state index is 10.7. The predicted molar refractivity (Wildman–Crippen MR) is 61.9 cm³/mol. The van der Waals surface area contributed by atoms with Gasteiger partial charge in [-0.25, -0.2) is 4.98 Å². The van der Waals surface area contributed by atoms with E-state index in [1.165, 1.54) is 11.1 Å². The van der Waals surface area contributed by atoms with E-state index >= 15 is 0 Å². The first-order chi connectivity index (χ1) is 8.17. The van der Waals surface area contributed by atoms with E-state index in [-0.39, 0.29) is 19.0 Å². The minimum absolute atomic E-state index is 0.127. The number of terminal acetylenes is 1. The number of anilines is 1. The molecule has 0 saturated heterocycles. The Morgan fingerprint density at radius 3 is 3.06 bits per heavy atom. The number of carboxylic acids is 1. The fraction of sp³-hybridized carbons (Fsp3) is 0.364. The summed E-state index contributed by atoms with van der Waals surface area (Å²) in [7, 11) is 0. The van der Waals surface area contributed by atoms with Crippen LogP contribution in [0.5, 0.6) is 5.88 Å². The van der Waals surface area contributed by atoms with E-state index < -0.39 is 5.97 Å². The van der Waals surface area contributed by atoms with Crippen LogP contribution in [-0.4, -0.2) is 40.7 Å². The highest BCUT2D eigenvalue weighted by Gasteiger charge is 2.12. The van der Waals surface area contributed by atoms with Crippen molar-refractivity contribution in [2.45, 2.75) is 6.92 Å². The first-order valence-electron chi connectivity index (χ1n) is 5.03. The standard InChI is InChI=1S/C11H13N3O3/c1-3-7-14(8-10(15)16)11-12-6-5-9(13-11)17-4-2/h1,5-6H,4,7-8H2,2H3,(H,15,16). The molecule has 0 atom stereocenters. The van der Waals surface area contributed by atoms with Gasteiger partial charge >= 0.3 is 5.97 Å². The summed E-state index contributed by atoms with van der Waals surface area (Å²) in [6.07, 6.45) is 6.67. The number of rotatable bonds is 6. The molecule has 0 aliphatic rings. The van der Waals surface area contributed by atoms with Crippen molar-refractivity contribution in [3.05, 3.63) is 12.3 Å². The topological polar surface area (TPSA) is 75.6 Å². The third-order valence-electron chi connectivity index (χ3n) is 1.80. The molecule has 0 bridgehead atoms. The third kappa shape index (κ3) is 3.99. The van der Waals surface area contributed by atoms with E-state index in [1.807, 2.05) is 6.92 Å². The SMILES string of the molecule is C#CCN(CC(=O)O)c1nccc(OCC)n1. The minimum Gasteiger partial charge on any atom is -0.480 e. The Morgan fingerprint density at radius 1 is 1.71 bits per heavy atom. The van der Waals surface area contributed by atoms with Crippen LogP contribution in [0, 0.1) is 12.3 Å². The molecule has 6 nitrogen and oxygen atoms in total. The van der Waals surface area contributed by atoms with E-state index in [9.17, 15) is 4.79 Å². The van der Waals surface area contributed by atoms with Crippen molar-refractivity contribution in [2.24, 2.45) is 0 Å². The molecule has 0 aromatic carbocycles. The summed E-state index contributed by atoms with van der Waals surface area (Å²) in [5.41, 5.74) is 0. The maximum Gasteiger partial charge on any atom is 0.323 e. The average Bonchev–Trinajstić information content (AvgIpc) is 2.29. The molecule has 90 valence electrons. The number of carbonyl (C=O) groups is 1. The van der Waals surface area contributed by atoms with Crippen LogP contribution in [0.3, 0.4) is 0 Å². The van der Waals surface area contributed by atoms with Gasteiger partial charge in [0.15, 0.2) is 0 Å². The summed E-state index contributed by atoms with van der Waals surface area (Å²) in [6.45, 7) is 2.18. The number of carboxylic acid groups (broad SMARTS) is 1. The van der Waals surface area contributed by atoms with Crippen molar-refractivity contribution in [3.8, 4) is 18.2 Å². The van der Waals surface area contributed by atoms with Gasteiger partial charge in [0.05, 0.1) is 13.2 Å². The monoisotopic (exact) mass is 235 g/mol. The molecule has 6 heteroatoms. The van der Waals surface area contributed by atoms with Gasteiger partial charge in [0.1, 0.15) is 6.54 Å². The Morgan fingerprint density at radius 2 is 2.47 bits per heavy atom. The van der Waals surface area contributed by atoms with Crippen LogP contribution in [0.2, 0.25) is 0 Å². The van der Waals surface area contributed by atoms with E-state index in [0.29, 0.717) is 12.5 Å². The Hall–Kier alpha value is -2.29. The molecule has 0 aliphatic carbocycles. The van der Waals surface area contributed by atoms with Crippen LogP contribution in [-0.2, 0) is 4.79 Å². The molecule has 0 fully saturated rings. The van der Waals surface area contributed by atoms with Crippen LogP contribution < -0.4 is 9.64 Å². The molecule has 17 heavy (non-hydrogen) atoms. The van der Waals surface area contributed by atoms with Gasteiger partial charge in [-0.2, -0.15) is 4.98 Å². The molecule has 0 amide bonds. The quantitative estimate of drug-likeness (QED) is 0.719. The number of aromatic nitrogens is 2. The maximum atomic E-state index is 10.7. The van der Waals surface area contributed by atoms with Crippen LogP contribution in [0.1, 0.15) is 6.92 Å². The van der Waals surface area contributed by atoms with Gasteiger partial charge in [0.2, 0.25) is 11.8 Å². The lowest BCUT2D eigenvalue weighted by Gasteiger charge is -2.17. The highest BCUT2D eigenvalue weighted by molar-refractivity contribution is 5.72. The lowest BCUT2D eigenvalue weighted by molar-refractivity contribution is -0.135. The van der Waals surface area contributed by atoms with Crippen LogP contribution in [0.25, 0.3) is 0 Å². The van der Waals surface area contributed by atoms with Gasteiger partial charge in [-0.15, -0.1) is 6.42 Å². The predicted octanol–water partition coefficient (Wildman–Crippen LogP) is 0.399. The van der Waals surface area contributed by atoms with Crippen LogP contribution in [0.4, 0.5) is 5.95 Å². The van der Waals surface area contributed by atoms with E-state index in [1.54, 1.807) is 6.07 Å². The molecular weight excluding hydrogens is 222 g/mol. The van der Waals surface area contributed by atoms with Crippen molar-refractivity contribution in [3.63, 3.8) is 0 Å². The molecule has 1 aromatic heterocycles. The zero-order valence-corrected chi connectivity index (χ0v) is 9.46. The highest BCUT2D eigenvalue weighted by Crippen LogP contribution is 2.12. The van der Waals surface area contributed by atoms with Gasteiger partial charge in [-0.1, -0.05) is 5.92 Å². The number of hydrogen-bond donors (Lipinski definition) is 1. The van der Waals surface area contributed by atoms with Crippen molar-refractivity contribution in [2.75, 3.05) is 24.6 Å². The van der Waals surface area contributed by atoms with Gasteiger partial charge in [-0.05, 0) is 6.92 Å². The normalized spacial score (nSPS) is 9.41. The summed E-state index contributed by atoms with van der Waals surface area (Å²) < 4.78 is 5.20. The summed E-state index contributed by atoms with van der Waals surface area (Å²) >= 11 is 0. The molecule has 0 aliphatic heterocycles. The number of aliphatic carboxylic acids is 1. The third-order valence-corrected chi connectivity index (χ3v) is 1.80. The second-order valence-corrected chi connectivity index (χ2v) is 3.08. The Bertz CT molecular complexity index is 428. The fourth-order valence-corrected chi connectivity index (χ4v) is 1.18. The zero-order valence-electron chi connectivity index (χ0n) is 9.46. The average molecular weight is 235 g/mol. The van der Waals surface area contributed by atoms with E-state index in [4.69, 9.17) is 16.3 Å². The van der Waals surface area contributed by atoms with Crippen molar-refractivity contribution < 1.29 is 14.6 Å². The van der Waals surface area contributed by atoms with Gasteiger partial charge in [0.25, 0.3) is 0 Å². The first-order valence-corrected chi connectivity index (χ1v) is 5.03. The highest BCUT2D eigenvalue weighted by atomic mass is 16.5. The molecule has 1 aromatic rings. The van der Waals surface area contributed by atoms with E-state index in [2.05, 4.69) is 15.9 Å². The second-order valence-electron chi connectivity index (χ2n) is 3.08. The summed E-state index contributed by atoms with van der Waals surface area (Å²) in [6, 6.07) is 1.60. The number of nitrogens with zero attached hydrogens (tertiary/aromatic N) is 3. The number of ether oxygens (including phenoxy) is 1. The van der Waals surface area contributed by atoms with E-state index in [0.717, 1.165) is 0 Å². The van der Waals surface area contributed by atoms with Crippen molar-refractivity contribution >= 4 is 11.9 Å². The molecule has 1 rings (SSSR count). The molecule has 1 N–H and O–H groups in total. The fourth-order valence-electron chi connectivity index (χ4n) is 1.18. The van der Waals surface area contributed by atoms with Crippen LogP contribution in [0.15, 0.2) is 12.3 Å². The molecular formula is C11H13N3O3. The van der Waals surface area contributed by atoms with Gasteiger partial charge < -0.3 is 14.7 Å². The Kier molecular flexibility index (Phi) is 4.76. The molecule has 1 heterocycles. The van der Waals surface area contributed by atoms with Crippen molar-refractivity contribution in [1.82, 2.24) is 9.97 Å².